The maximum absolute atomic E-state index is 11.8. The molecule has 0 bridgehead atoms. The van der Waals surface area contributed by atoms with Crippen LogP contribution in [0.4, 0.5) is 11.4 Å². The molecule has 1 aromatic carbocycles. The fourth-order valence-corrected chi connectivity index (χ4v) is 1.86. The van der Waals surface area contributed by atoms with Gasteiger partial charge >= 0.3 is 0 Å². The number of rotatable bonds is 9. The summed E-state index contributed by atoms with van der Waals surface area (Å²) < 4.78 is 5.24. The van der Waals surface area contributed by atoms with Crippen molar-refractivity contribution in [1.29, 1.82) is 0 Å². The lowest BCUT2D eigenvalue weighted by Gasteiger charge is -2.14. The van der Waals surface area contributed by atoms with Crippen molar-refractivity contribution in [3.63, 3.8) is 0 Å². The lowest BCUT2D eigenvalue weighted by Crippen LogP contribution is -2.20. The molecular weight excluding hydrogens is 292 g/mol. The molecule has 0 saturated carbocycles. The van der Waals surface area contributed by atoms with E-state index in [1.165, 1.54) is 0 Å². The van der Waals surface area contributed by atoms with Crippen molar-refractivity contribution < 1.29 is 14.6 Å². The van der Waals surface area contributed by atoms with Crippen molar-refractivity contribution >= 4 is 28.9 Å². The first-order valence-corrected chi connectivity index (χ1v) is 7.60. The van der Waals surface area contributed by atoms with Gasteiger partial charge in [-0.15, -0.1) is 11.6 Å². The molecule has 3 N–H and O–H groups in total. The quantitative estimate of drug-likeness (QED) is 0.613. The van der Waals surface area contributed by atoms with Crippen molar-refractivity contribution in [1.82, 2.24) is 0 Å². The van der Waals surface area contributed by atoms with Gasteiger partial charge < -0.3 is 20.5 Å². The normalized spacial score (nSPS) is 11.8. The minimum Gasteiger partial charge on any atom is -0.495 e. The predicted molar refractivity (Wildman–Crippen MR) is 86.4 cm³/mol. The van der Waals surface area contributed by atoms with E-state index in [-0.39, 0.29) is 11.8 Å². The van der Waals surface area contributed by atoms with Crippen LogP contribution in [0.15, 0.2) is 18.2 Å². The average molecular weight is 315 g/mol. The Morgan fingerprint density at radius 2 is 2.24 bits per heavy atom. The Hall–Kier alpha value is -1.46. The summed E-state index contributed by atoms with van der Waals surface area (Å²) in [6, 6.07) is 5.37. The van der Waals surface area contributed by atoms with Crippen molar-refractivity contribution in [2.75, 3.05) is 30.2 Å². The number of hydrogen-bond donors (Lipinski definition) is 3. The number of nitrogens with one attached hydrogen (secondary N) is 2. The first-order valence-electron chi connectivity index (χ1n) is 7.06. The number of carbonyl (C=O) groups excluding carboxylic acids is 1. The molecule has 21 heavy (non-hydrogen) atoms. The summed E-state index contributed by atoms with van der Waals surface area (Å²) in [6.45, 7) is 2.39. The fourth-order valence-electron chi connectivity index (χ4n) is 1.76. The summed E-state index contributed by atoms with van der Waals surface area (Å²) in [5.74, 6) is 0.736. The maximum Gasteiger partial charge on any atom is 0.224 e. The number of anilines is 2. The van der Waals surface area contributed by atoms with Gasteiger partial charge in [-0.25, -0.2) is 0 Å². The number of amides is 1. The Labute approximate surface area is 130 Å². The Morgan fingerprint density at radius 3 is 2.86 bits per heavy atom. The van der Waals surface area contributed by atoms with Gasteiger partial charge in [-0.2, -0.15) is 0 Å². The summed E-state index contributed by atoms with van der Waals surface area (Å²) in [6.07, 6.45) is 1.70. The van der Waals surface area contributed by atoms with Gasteiger partial charge in [-0.1, -0.05) is 13.3 Å². The third-order valence-corrected chi connectivity index (χ3v) is 3.31. The topological polar surface area (TPSA) is 70.6 Å². The van der Waals surface area contributed by atoms with Gasteiger partial charge in [0.2, 0.25) is 5.91 Å². The molecule has 0 aliphatic heterocycles. The molecule has 1 rings (SSSR count). The summed E-state index contributed by atoms with van der Waals surface area (Å²) in [4.78, 5) is 11.8. The number of hydrogen-bond acceptors (Lipinski definition) is 4. The van der Waals surface area contributed by atoms with Crippen molar-refractivity contribution in [2.24, 2.45) is 0 Å². The second-order valence-electron chi connectivity index (χ2n) is 4.76. The van der Waals surface area contributed by atoms with Crippen LogP contribution in [0.3, 0.4) is 0 Å². The predicted octanol–water partition coefficient (Wildman–Crippen LogP) is 2.84. The van der Waals surface area contributed by atoms with E-state index in [0.717, 1.165) is 18.5 Å². The van der Waals surface area contributed by atoms with E-state index in [0.29, 0.717) is 24.4 Å². The Morgan fingerprint density at radius 1 is 1.48 bits per heavy atom. The summed E-state index contributed by atoms with van der Waals surface area (Å²) in [5, 5.41) is 15.4. The molecule has 0 heterocycles. The van der Waals surface area contributed by atoms with Crippen LogP contribution < -0.4 is 15.4 Å². The number of benzene rings is 1. The molecule has 0 fully saturated rings. The van der Waals surface area contributed by atoms with Crippen LogP contribution >= 0.6 is 11.6 Å². The Bertz CT molecular complexity index is 455. The second-order valence-corrected chi connectivity index (χ2v) is 5.06. The van der Waals surface area contributed by atoms with Crippen LogP contribution in [0, 0.1) is 0 Å². The van der Waals surface area contributed by atoms with Gasteiger partial charge in [-0.05, 0) is 24.6 Å². The smallest absolute Gasteiger partial charge is 0.224 e. The molecule has 0 aliphatic carbocycles. The highest BCUT2D eigenvalue weighted by Gasteiger charge is 2.09. The van der Waals surface area contributed by atoms with Crippen LogP contribution in [-0.4, -0.2) is 36.7 Å². The number of halogens is 1. The Kier molecular flexibility index (Phi) is 7.93. The van der Waals surface area contributed by atoms with Crippen LogP contribution in [0.5, 0.6) is 5.75 Å². The number of methoxy groups -OCH3 is 1. The third-order valence-electron chi connectivity index (χ3n) is 2.95. The molecule has 0 spiro atoms. The summed E-state index contributed by atoms with van der Waals surface area (Å²) >= 11 is 5.55. The van der Waals surface area contributed by atoms with Gasteiger partial charge in [0.1, 0.15) is 5.75 Å². The van der Waals surface area contributed by atoms with Crippen LogP contribution in [0.2, 0.25) is 0 Å². The first-order chi connectivity index (χ1) is 10.1. The molecule has 0 aliphatic rings. The van der Waals surface area contributed by atoms with Gasteiger partial charge in [0.25, 0.3) is 0 Å². The van der Waals surface area contributed by atoms with Crippen LogP contribution in [-0.2, 0) is 4.79 Å². The van der Waals surface area contributed by atoms with Gasteiger partial charge in [-0.3, -0.25) is 4.79 Å². The number of carbonyl (C=O) groups is 1. The highest BCUT2D eigenvalue weighted by molar-refractivity contribution is 6.18. The standard InChI is InChI=1S/C15H23ClN2O3/c1-3-4-5-15(20)18-13-8-11(6-7-14(13)21-2)17-10-12(19)9-16/h6-8,12,17,19H,3-5,9-10H2,1-2H3,(H,18,20). The molecular formula is C15H23ClN2O3. The fraction of sp³-hybridized carbons (Fsp3) is 0.533. The average Bonchev–Trinajstić information content (AvgIpc) is 2.50. The molecule has 1 unspecified atom stereocenters. The largest absolute Gasteiger partial charge is 0.495 e. The zero-order chi connectivity index (χ0) is 15.7. The van der Waals surface area contributed by atoms with E-state index in [1.54, 1.807) is 19.2 Å². The molecule has 1 amide bonds. The number of alkyl halides is 1. The minimum absolute atomic E-state index is 0.0342. The van der Waals surface area contributed by atoms with Crippen molar-refractivity contribution in [3.05, 3.63) is 18.2 Å². The van der Waals surface area contributed by atoms with E-state index in [4.69, 9.17) is 16.3 Å². The molecule has 118 valence electrons. The molecule has 0 aromatic heterocycles. The second kappa shape index (κ2) is 9.47. The SMILES string of the molecule is CCCCC(=O)Nc1cc(NCC(O)CCl)ccc1OC. The zero-order valence-corrected chi connectivity index (χ0v) is 13.2. The highest BCUT2D eigenvalue weighted by Crippen LogP contribution is 2.28. The number of ether oxygens (including phenoxy) is 1. The van der Waals surface area contributed by atoms with E-state index in [9.17, 15) is 9.90 Å². The van der Waals surface area contributed by atoms with E-state index in [1.807, 2.05) is 13.0 Å². The van der Waals surface area contributed by atoms with Crippen LogP contribution in [0.1, 0.15) is 26.2 Å². The molecule has 5 nitrogen and oxygen atoms in total. The van der Waals surface area contributed by atoms with E-state index in [2.05, 4.69) is 10.6 Å². The van der Waals surface area contributed by atoms with Gasteiger partial charge in [0.15, 0.2) is 0 Å². The zero-order valence-electron chi connectivity index (χ0n) is 12.5. The first kappa shape index (κ1) is 17.6. The Balaban J connectivity index is 2.73. The maximum atomic E-state index is 11.8. The third kappa shape index (κ3) is 6.23. The molecule has 0 radical (unpaired) electrons. The number of aliphatic hydroxyl groups excluding tert-OH is 1. The summed E-state index contributed by atoms with van der Waals surface area (Å²) in [5.41, 5.74) is 1.40. The lowest BCUT2D eigenvalue weighted by atomic mass is 10.2. The van der Waals surface area contributed by atoms with E-state index < -0.39 is 6.10 Å². The number of aliphatic hydroxyl groups is 1. The summed E-state index contributed by atoms with van der Waals surface area (Å²) in [7, 11) is 1.56. The number of unbranched alkanes of at least 4 members (excludes halogenated alkanes) is 1. The highest BCUT2D eigenvalue weighted by atomic mass is 35.5. The van der Waals surface area contributed by atoms with Crippen LogP contribution in [0.25, 0.3) is 0 Å². The molecule has 1 atom stereocenters. The molecule has 6 heteroatoms. The lowest BCUT2D eigenvalue weighted by molar-refractivity contribution is -0.116. The molecule has 0 saturated heterocycles. The minimum atomic E-state index is -0.614. The molecule has 1 aromatic rings. The van der Waals surface area contributed by atoms with Crippen molar-refractivity contribution in [3.8, 4) is 5.75 Å². The van der Waals surface area contributed by atoms with Crippen molar-refractivity contribution in [2.45, 2.75) is 32.3 Å². The van der Waals surface area contributed by atoms with Gasteiger partial charge in [0.05, 0.1) is 24.8 Å². The van der Waals surface area contributed by atoms with Gasteiger partial charge in [0, 0.05) is 18.7 Å². The van der Waals surface area contributed by atoms with E-state index >= 15 is 0 Å². The monoisotopic (exact) mass is 314 g/mol.